The fourth-order valence-electron chi connectivity index (χ4n) is 1.55. The van der Waals surface area contributed by atoms with Crippen LogP contribution in [0.2, 0.25) is 0 Å². The topological polar surface area (TPSA) is 87.3 Å². The van der Waals surface area contributed by atoms with Crippen LogP contribution in [0.15, 0.2) is 11.1 Å². The van der Waals surface area contributed by atoms with Gasteiger partial charge < -0.3 is 19.9 Å². The number of anilines is 1. The van der Waals surface area contributed by atoms with E-state index in [2.05, 4.69) is 15.3 Å². The third-order valence-corrected chi connectivity index (χ3v) is 2.54. The molecule has 0 radical (unpaired) electrons. The number of aromatic amines is 1. The molecule has 1 rings (SSSR count). The summed E-state index contributed by atoms with van der Waals surface area (Å²) in [6.45, 7) is 5.20. The van der Waals surface area contributed by atoms with Crippen LogP contribution in [0.3, 0.4) is 0 Å². The molecule has 1 amide bonds. The van der Waals surface area contributed by atoms with Gasteiger partial charge in [-0.1, -0.05) is 0 Å². The van der Waals surface area contributed by atoms with Gasteiger partial charge in [0.1, 0.15) is 0 Å². The van der Waals surface area contributed by atoms with E-state index in [1.165, 1.54) is 13.4 Å². The Morgan fingerprint density at radius 3 is 2.72 bits per heavy atom. The highest BCUT2D eigenvalue weighted by Gasteiger charge is 2.12. The number of likely N-dealkylation sites (N-methyl/N-ethyl adjacent to an activating group) is 1. The van der Waals surface area contributed by atoms with Gasteiger partial charge in [-0.2, -0.15) is 0 Å². The maximum atomic E-state index is 11.8. The molecule has 1 aromatic heterocycles. The van der Waals surface area contributed by atoms with Crippen molar-refractivity contribution in [3.05, 3.63) is 16.7 Å². The molecule has 100 valence electrons. The molecule has 0 aliphatic rings. The third-order valence-electron chi connectivity index (χ3n) is 2.54. The lowest BCUT2D eigenvalue weighted by Gasteiger charge is -2.19. The Bertz CT molecular complexity index is 454. The van der Waals surface area contributed by atoms with E-state index in [4.69, 9.17) is 4.74 Å². The maximum absolute atomic E-state index is 11.8. The van der Waals surface area contributed by atoms with Crippen LogP contribution in [-0.4, -0.2) is 47.5 Å². The Morgan fingerprint density at radius 1 is 1.50 bits per heavy atom. The number of rotatable bonds is 6. The first-order chi connectivity index (χ1) is 8.63. The van der Waals surface area contributed by atoms with Crippen LogP contribution in [0.1, 0.15) is 13.8 Å². The monoisotopic (exact) mass is 254 g/mol. The van der Waals surface area contributed by atoms with Crippen molar-refractivity contribution in [3.8, 4) is 5.75 Å². The lowest BCUT2D eigenvalue weighted by atomic mass is 10.4. The number of carbonyl (C=O) groups excluding carboxylic acids is 1. The molecule has 2 N–H and O–H groups in total. The summed E-state index contributed by atoms with van der Waals surface area (Å²) in [5, 5.41) is 2.81. The average molecular weight is 254 g/mol. The molecule has 0 fully saturated rings. The quantitative estimate of drug-likeness (QED) is 0.749. The van der Waals surface area contributed by atoms with E-state index in [1.54, 1.807) is 4.90 Å². The zero-order valence-electron chi connectivity index (χ0n) is 10.8. The minimum Gasteiger partial charge on any atom is -0.489 e. The Balaban J connectivity index is 2.72. The van der Waals surface area contributed by atoms with E-state index in [0.717, 1.165) is 0 Å². The first-order valence-corrected chi connectivity index (χ1v) is 5.77. The number of aromatic nitrogens is 2. The summed E-state index contributed by atoms with van der Waals surface area (Å²) in [5.41, 5.74) is -0.384. The number of hydrogen-bond acceptors (Lipinski definition) is 5. The number of H-pyrrole nitrogens is 1. The van der Waals surface area contributed by atoms with E-state index in [9.17, 15) is 9.59 Å². The van der Waals surface area contributed by atoms with Crippen LogP contribution in [0.5, 0.6) is 5.75 Å². The molecule has 1 aromatic rings. The van der Waals surface area contributed by atoms with Crippen LogP contribution in [0.4, 0.5) is 5.82 Å². The molecular formula is C11H18N4O3. The van der Waals surface area contributed by atoms with Gasteiger partial charge in [0.25, 0.3) is 5.56 Å². The minimum atomic E-state index is -0.384. The van der Waals surface area contributed by atoms with E-state index < -0.39 is 0 Å². The van der Waals surface area contributed by atoms with Crippen molar-refractivity contribution in [1.82, 2.24) is 14.9 Å². The molecule has 0 spiro atoms. The molecule has 0 atom stereocenters. The van der Waals surface area contributed by atoms with E-state index in [1.807, 2.05) is 13.8 Å². The maximum Gasteiger partial charge on any atom is 0.295 e. The molecule has 18 heavy (non-hydrogen) atoms. The second-order valence-corrected chi connectivity index (χ2v) is 3.53. The second-order valence-electron chi connectivity index (χ2n) is 3.53. The summed E-state index contributed by atoms with van der Waals surface area (Å²) in [7, 11) is 1.38. The second kappa shape index (κ2) is 6.63. The van der Waals surface area contributed by atoms with E-state index in [-0.39, 0.29) is 29.6 Å². The molecule has 0 unspecified atom stereocenters. The van der Waals surface area contributed by atoms with Gasteiger partial charge in [-0.15, -0.1) is 0 Å². The molecule has 0 aromatic carbocycles. The van der Waals surface area contributed by atoms with Crippen molar-refractivity contribution in [2.24, 2.45) is 0 Å². The van der Waals surface area contributed by atoms with Gasteiger partial charge >= 0.3 is 0 Å². The molecule has 0 bridgehead atoms. The SMILES string of the molecule is CCN(CC)C(=O)CNc1nc[nH]c(=O)c1OC. The standard InChI is InChI=1S/C11H18N4O3/c1-4-15(5-2)8(16)6-12-10-9(18-3)11(17)14-7-13-10/h7H,4-6H2,1-3H3,(H2,12,13,14,17). The molecule has 7 nitrogen and oxygen atoms in total. The molecule has 0 aliphatic heterocycles. The number of nitrogens with one attached hydrogen (secondary N) is 2. The number of hydrogen-bond donors (Lipinski definition) is 2. The van der Waals surface area contributed by atoms with Crippen LogP contribution < -0.4 is 15.6 Å². The predicted molar refractivity (Wildman–Crippen MR) is 67.8 cm³/mol. The Hall–Kier alpha value is -2.05. The van der Waals surface area contributed by atoms with Gasteiger partial charge in [0.2, 0.25) is 11.7 Å². The van der Waals surface area contributed by atoms with Crippen molar-refractivity contribution < 1.29 is 9.53 Å². The summed E-state index contributed by atoms with van der Waals surface area (Å²) in [5.74, 6) is 0.288. The predicted octanol–water partition coefficient (Wildman–Crippen LogP) is 0.0588. The van der Waals surface area contributed by atoms with Gasteiger partial charge in [0.15, 0.2) is 5.82 Å². The molecule has 0 saturated heterocycles. The highest BCUT2D eigenvalue weighted by molar-refractivity contribution is 5.80. The van der Waals surface area contributed by atoms with Crippen molar-refractivity contribution in [2.75, 3.05) is 32.1 Å². The zero-order valence-corrected chi connectivity index (χ0v) is 10.8. The molecular weight excluding hydrogens is 236 g/mol. The minimum absolute atomic E-state index is 0.0517. The first-order valence-electron chi connectivity index (χ1n) is 5.77. The first kappa shape index (κ1) is 14.0. The van der Waals surface area contributed by atoms with Gasteiger partial charge in [0.05, 0.1) is 20.0 Å². The summed E-state index contributed by atoms with van der Waals surface area (Å²) >= 11 is 0. The molecule has 7 heteroatoms. The Kier molecular flexibility index (Phi) is 5.16. The summed E-state index contributed by atoms with van der Waals surface area (Å²) < 4.78 is 4.93. The number of carbonyl (C=O) groups is 1. The highest BCUT2D eigenvalue weighted by atomic mass is 16.5. The van der Waals surface area contributed by atoms with Crippen LogP contribution >= 0.6 is 0 Å². The smallest absolute Gasteiger partial charge is 0.295 e. The fourth-order valence-corrected chi connectivity index (χ4v) is 1.55. The van der Waals surface area contributed by atoms with Gasteiger partial charge in [-0.05, 0) is 13.8 Å². The van der Waals surface area contributed by atoms with Gasteiger partial charge in [-0.3, -0.25) is 9.59 Å². The normalized spacial score (nSPS) is 9.94. The van der Waals surface area contributed by atoms with Crippen molar-refractivity contribution in [1.29, 1.82) is 0 Å². The van der Waals surface area contributed by atoms with Crippen molar-refractivity contribution >= 4 is 11.7 Å². The van der Waals surface area contributed by atoms with E-state index in [0.29, 0.717) is 13.1 Å². The van der Waals surface area contributed by atoms with Crippen molar-refractivity contribution in [2.45, 2.75) is 13.8 Å². The van der Waals surface area contributed by atoms with Crippen LogP contribution in [0, 0.1) is 0 Å². The van der Waals surface area contributed by atoms with Crippen LogP contribution in [0.25, 0.3) is 0 Å². The summed E-state index contributed by atoms with van der Waals surface area (Å²) in [6.07, 6.45) is 1.26. The molecule has 0 aliphatic carbocycles. The fraction of sp³-hybridized carbons (Fsp3) is 0.545. The van der Waals surface area contributed by atoms with Gasteiger partial charge in [0, 0.05) is 13.1 Å². The average Bonchev–Trinajstić information content (AvgIpc) is 2.37. The van der Waals surface area contributed by atoms with Crippen LogP contribution in [-0.2, 0) is 4.79 Å². The number of ether oxygens (including phenoxy) is 1. The summed E-state index contributed by atoms with van der Waals surface area (Å²) in [4.78, 5) is 31.2. The summed E-state index contributed by atoms with van der Waals surface area (Å²) in [6, 6.07) is 0. The van der Waals surface area contributed by atoms with Crippen molar-refractivity contribution in [3.63, 3.8) is 0 Å². The zero-order chi connectivity index (χ0) is 13.5. The lowest BCUT2D eigenvalue weighted by Crippen LogP contribution is -2.35. The number of amides is 1. The molecule has 1 heterocycles. The number of nitrogens with zero attached hydrogens (tertiary/aromatic N) is 2. The Morgan fingerprint density at radius 2 is 2.17 bits per heavy atom. The third kappa shape index (κ3) is 3.22. The molecule has 0 saturated carbocycles. The number of methoxy groups -OCH3 is 1. The lowest BCUT2D eigenvalue weighted by molar-refractivity contribution is -0.128. The van der Waals surface area contributed by atoms with Gasteiger partial charge in [-0.25, -0.2) is 4.98 Å². The highest BCUT2D eigenvalue weighted by Crippen LogP contribution is 2.13. The van der Waals surface area contributed by atoms with E-state index >= 15 is 0 Å². The largest absolute Gasteiger partial charge is 0.489 e. The Labute approximate surface area is 105 Å².